The van der Waals surface area contributed by atoms with Crippen LogP contribution < -0.4 is 10.4 Å². The van der Waals surface area contributed by atoms with E-state index in [-0.39, 0.29) is 10.9 Å². The third-order valence-electron chi connectivity index (χ3n) is 3.34. The van der Waals surface area contributed by atoms with E-state index in [2.05, 4.69) is 32.9 Å². The SMILES string of the molecule is Cc1ccccc1P=C([O-])c1ccc(C(C)(C)C)cc1. The Morgan fingerprint density at radius 1 is 0.950 bits per heavy atom. The lowest BCUT2D eigenvalue weighted by atomic mass is 9.87. The molecule has 0 aliphatic heterocycles. The van der Waals surface area contributed by atoms with Crippen LogP contribution in [0.5, 0.6) is 0 Å². The molecule has 2 rings (SSSR count). The lowest BCUT2D eigenvalue weighted by Crippen LogP contribution is -2.19. The highest BCUT2D eigenvalue weighted by atomic mass is 31.1. The van der Waals surface area contributed by atoms with Gasteiger partial charge in [-0.05, 0) is 29.0 Å². The van der Waals surface area contributed by atoms with Gasteiger partial charge in [-0.25, -0.2) is 0 Å². The lowest BCUT2D eigenvalue weighted by Gasteiger charge is -2.20. The average Bonchev–Trinajstić information content (AvgIpc) is 2.40. The third-order valence-corrected chi connectivity index (χ3v) is 4.54. The first-order chi connectivity index (χ1) is 9.38. The first-order valence-electron chi connectivity index (χ1n) is 6.80. The van der Waals surface area contributed by atoms with Gasteiger partial charge in [0.25, 0.3) is 0 Å². The van der Waals surface area contributed by atoms with Crippen LogP contribution in [0.2, 0.25) is 0 Å². The quantitative estimate of drug-likeness (QED) is 0.775. The Kier molecular flexibility index (Phi) is 4.42. The maximum Gasteiger partial charge on any atom is 0.00373 e. The summed E-state index contributed by atoms with van der Waals surface area (Å²) in [7, 11) is 0.748. The summed E-state index contributed by atoms with van der Waals surface area (Å²) in [6.07, 6.45) is 0. The lowest BCUT2D eigenvalue weighted by molar-refractivity contribution is -0.207. The molecule has 0 bridgehead atoms. The molecule has 0 saturated heterocycles. The second kappa shape index (κ2) is 5.91. The van der Waals surface area contributed by atoms with E-state index in [1.165, 1.54) is 5.56 Å². The topological polar surface area (TPSA) is 23.1 Å². The summed E-state index contributed by atoms with van der Waals surface area (Å²) in [5.74, 6) is 0. The summed E-state index contributed by atoms with van der Waals surface area (Å²) in [5.41, 5.74) is 3.47. The molecule has 0 N–H and O–H groups in total. The van der Waals surface area contributed by atoms with Crippen molar-refractivity contribution in [2.75, 3.05) is 0 Å². The Morgan fingerprint density at radius 2 is 1.55 bits per heavy atom. The fourth-order valence-corrected chi connectivity index (χ4v) is 2.88. The molecule has 0 radical (unpaired) electrons. The summed E-state index contributed by atoms with van der Waals surface area (Å²) >= 11 is 0. The Morgan fingerprint density at radius 3 is 2.10 bits per heavy atom. The number of benzene rings is 2. The van der Waals surface area contributed by atoms with Gasteiger partial charge in [0.1, 0.15) is 0 Å². The van der Waals surface area contributed by atoms with Gasteiger partial charge in [-0.15, -0.1) is 5.48 Å². The van der Waals surface area contributed by atoms with Crippen molar-refractivity contribution in [3.05, 3.63) is 65.2 Å². The zero-order chi connectivity index (χ0) is 14.8. The summed E-state index contributed by atoms with van der Waals surface area (Å²) in [4.78, 5) is 0. The molecule has 0 aliphatic rings. The Bertz CT molecular complexity index is 619. The van der Waals surface area contributed by atoms with Crippen molar-refractivity contribution < 1.29 is 5.11 Å². The van der Waals surface area contributed by atoms with Gasteiger partial charge in [0.05, 0.1) is 0 Å². The van der Waals surface area contributed by atoms with Gasteiger partial charge in [-0.3, -0.25) is 0 Å². The van der Waals surface area contributed by atoms with Crippen LogP contribution >= 0.6 is 8.20 Å². The largest absolute Gasteiger partial charge is 0.823 e. The molecule has 2 aromatic rings. The van der Waals surface area contributed by atoms with E-state index in [9.17, 15) is 5.11 Å². The van der Waals surface area contributed by atoms with Gasteiger partial charge >= 0.3 is 0 Å². The summed E-state index contributed by atoms with van der Waals surface area (Å²) in [6.45, 7) is 8.57. The smallest absolute Gasteiger partial charge is 0.00373 e. The number of rotatable bonds is 2. The van der Waals surface area contributed by atoms with Crippen molar-refractivity contribution in [3.63, 3.8) is 0 Å². The van der Waals surface area contributed by atoms with Crippen LogP contribution in [-0.4, -0.2) is 5.48 Å². The van der Waals surface area contributed by atoms with Gasteiger partial charge in [0, 0.05) is 5.30 Å². The average molecular weight is 283 g/mol. The maximum absolute atomic E-state index is 12.3. The molecule has 2 aromatic carbocycles. The van der Waals surface area contributed by atoms with Crippen LogP contribution in [0.3, 0.4) is 0 Å². The standard InChI is InChI=1S/C18H21OP/c1-13-7-5-6-8-16(13)20-17(19)14-9-11-15(12-10-14)18(2,3)4/h5-12,19H,1-4H3/p-1. The van der Waals surface area contributed by atoms with Gasteiger partial charge in [-0.1, -0.05) is 77.5 Å². The second-order valence-electron chi connectivity index (χ2n) is 6.03. The molecule has 104 valence electrons. The predicted octanol–water partition coefficient (Wildman–Crippen LogP) is 3.40. The minimum atomic E-state index is 0.120. The molecule has 0 fully saturated rings. The van der Waals surface area contributed by atoms with Gasteiger partial charge in [0.15, 0.2) is 0 Å². The second-order valence-corrected chi connectivity index (χ2v) is 7.14. The monoisotopic (exact) mass is 283 g/mol. The first kappa shape index (κ1) is 15.0. The summed E-state index contributed by atoms with van der Waals surface area (Å²) in [5, 5.41) is 13.4. The van der Waals surface area contributed by atoms with E-state index >= 15 is 0 Å². The molecule has 0 heterocycles. The molecule has 0 aromatic heterocycles. The molecule has 0 spiro atoms. The highest BCUT2D eigenvalue weighted by Gasteiger charge is 2.12. The molecule has 0 saturated carbocycles. The highest BCUT2D eigenvalue weighted by molar-refractivity contribution is 7.49. The molecule has 0 amide bonds. The van der Waals surface area contributed by atoms with Crippen LogP contribution in [0, 0.1) is 6.92 Å². The van der Waals surface area contributed by atoms with Crippen molar-refractivity contribution in [2.45, 2.75) is 33.1 Å². The molecule has 0 unspecified atom stereocenters. The summed E-state index contributed by atoms with van der Waals surface area (Å²) in [6, 6.07) is 16.0. The summed E-state index contributed by atoms with van der Waals surface area (Å²) < 4.78 is 0. The van der Waals surface area contributed by atoms with E-state index in [0.717, 1.165) is 24.6 Å². The normalized spacial score (nSPS) is 12.6. The van der Waals surface area contributed by atoms with Crippen LogP contribution in [0.15, 0.2) is 48.5 Å². The van der Waals surface area contributed by atoms with Crippen molar-refractivity contribution in [3.8, 4) is 0 Å². The molecular formula is C18H20OP-. The fraction of sp³-hybridized carbons (Fsp3) is 0.278. The van der Waals surface area contributed by atoms with Crippen LogP contribution in [0.4, 0.5) is 0 Å². The number of aryl methyl sites for hydroxylation is 1. The van der Waals surface area contributed by atoms with Crippen LogP contribution in [0.25, 0.3) is 0 Å². The number of hydrogen-bond donors (Lipinski definition) is 0. The van der Waals surface area contributed by atoms with Crippen LogP contribution in [0.1, 0.15) is 37.5 Å². The van der Waals surface area contributed by atoms with E-state index in [4.69, 9.17) is 0 Å². The minimum absolute atomic E-state index is 0.120. The minimum Gasteiger partial charge on any atom is -0.823 e. The molecule has 20 heavy (non-hydrogen) atoms. The van der Waals surface area contributed by atoms with Gasteiger partial charge < -0.3 is 5.11 Å². The number of hydrogen-bond acceptors (Lipinski definition) is 1. The van der Waals surface area contributed by atoms with Crippen molar-refractivity contribution in [1.82, 2.24) is 0 Å². The fourth-order valence-electron chi connectivity index (χ4n) is 1.98. The molecule has 0 atom stereocenters. The van der Waals surface area contributed by atoms with E-state index in [0.29, 0.717) is 0 Å². The third kappa shape index (κ3) is 3.56. The zero-order valence-electron chi connectivity index (χ0n) is 12.5. The van der Waals surface area contributed by atoms with E-state index in [1.807, 2.05) is 43.3 Å². The van der Waals surface area contributed by atoms with E-state index < -0.39 is 0 Å². The van der Waals surface area contributed by atoms with Gasteiger partial charge in [0.2, 0.25) is 0 Å². The Balaban J connectivity index is 2.30. The zero-order valence-corrected chi connectivity index (χ0v) is 13.4. The Hall–Kier alpha value is -1.43. The highest BCUT2D eigenvalue weighted by Crippen LogP contribution is 2.22. The van der Waals surface area contributed by atoms with Crippen LogP contribution in [-0.2, 0) is 5.41 Å². The van der Waals surface area contributed by atoms with E-state index in [1.54, 1.807) is 0 Å². The predicted molar refractivity (Wildman–Crippen MR) is 87.0 cm³/mol. The van der Waals surface area contributed by atoms with Crippen molar-refractivity contribution in [2.24, 2.45) is 0 Å². The Labute approximate surface area is 123 Å². The first-order valence-corrected chi connectivity index (χ1v) is 7.69. The molecule has 0 aliphatic carbocycles. The van der Waals surface area contributed by atoms with Crippen molar-refractivity contribution in [1.29, 1.82) is 0 Å². The maximum atomic E-state index is 12.3. The molecule has 2 heteroatoms. The van der Waals surface area contributed by atoms with Gasteiger partial charge in [-0.2, -0.15) is 0 Å². The van der Waals surface area contributed by atoms with Crippen molar-refractivity contribution >= 4 is 19.0 Å². The molecule has 1 nitrogen and oxygen atoms in total. The molecular weight excluding hydrogens is 263 g/mol.